The third-order valence-corrected chi connectivity index (χ3v) is 10.7. The fourth-order valence-corrected chi connectivity index (χ4v) is 8.34. The van der Waals surface area contributed by atoms with E-state index in [1.165, 1.54) is 32.3 Å². The van der Waals surface area contributed by atoms with Gasteiger partial charge in [-0.1, -0.05) is 109 Å². The molecule has 0 amide bonds. The second-order valence-corrected chi connectivity index (χ2v) is 13.7. The summed E-state index contributed by atoms with van der Waals surface area (Å²) >= 11 is 0. The quantitative estimate of drug-likeness (QED) is 0.187. The number of furan rings is 1. The molecule has 6 heteroatoms. The number of hydrogen-bond acceptors (Lipinski definition) is 4. The van der Waals surface area contributed by atoms with Crippen molar-refractivity contribution in [3.8, 4) is 28.3 Å². The van der Waals surface area contributed by atoms with Crippen LogP contribution in [-0.4, -0.2) is 24.1 Å². The van der Waals surface area contributed by atoms with Gasteiger partial charge in [0.2, 0.25) is 0 Å². The molecule has 0 radical (unpaired) electrons. The molecular formula is C47H27N5O. The van der Waals surface area contributed by atoms with Gasteiger partial charge < -0.3 is 8.98 Å². The highest BCUT2D eigenvalue weighted by Gasteiger charge is 2.20. The van der Waals surface area contributed by atoms with Gasteiger partial charge in [0.25, 0.3) is 0 Å². The SMILES string of the molecule is c1cc(-c2nc3c(-c4ccc5c(c4)oc4ccccc45)nc4ccccc4n3n2)cc(-n2c3ccc4ccccc4c3c3c4ccccc4ccc32)c1. The zero-order valence-electron chi connectivity index (χ0n) is 28.2. The maximum absolute atomic E-state index is 6.27. The molecule has 8 aromatic carbocycles. The molecular weight excluding hydrogens is 651 g/mol. The maximum Gasteiger partial charge on any atom is 0.182 e. The van der Waals surface area contributed by atoms with Gasteiger partial charge in [0, 0.05) is 38.4 Å². The molecule has 0 fully saturated rings. The Kier molecular flexibility index (Phi) is 5.68. The Labute approximate surface area is 301 Å². The van der Waals surface area contributed by atoms with Gasteiger partial charge in [-0.15, -0.1) is 5.10 Å². The van der Waals surface area contributed by atoms with Crippen LogP contribution in [0.4, 0.5) is 0 Å². The van der Waals surface area contributed by atoms with E-state index < -0.39 is 0 Å². The smallest absolute Gasteiger partial charge is 0.182 e. The Morgan fingerprint density at radius 2 is 1.13 bits per heavy atom. The highest BCUT2D eigenvalue weighted by Crippen LogP contribution is 2.41. The van der Waals surface area contributed by atoms with E-state index in [0.717, 1.165) is 66.5 Å². The normalized spacial score (nSPS) is 12.2. The molecule has 0 saturated heterocycles. The van der Waals surface area contributed by atoms with Crippen LogP contribution in [0.2, 0.25) is 0 Å². The minimum atomic E-state index is 0.632. The summed E-state index contributed by atoms with van der Waals surface area (Å²) in [6.45, 7) is 0. The van der Waals surface area contributed by atoms with Crippen LogP contribution in [0.1, 0.15) is 0 Å². The summed E-state index contributed by atoms with van der Waals surface area (Å²) in [5.41, 5.74) is 10.1. The lowest BCUT2D eigenvalue weighted by Crippen LogP contribution is -1.97. The lowest BCUT2D eigenvalue weighted by molar-refractivity contribution is 0.669. The number of nitrogens with zero attached hydrogens (tertiary/aromatic N) is 5. The molecule has 0 N–H and O–H groups in total. The van der Waals surface area contributed by atoms with Gasteiger partial charge in [0.05, 0.1) is 22.1 Å². The van der Waals surface area contributed by atoms with E-state index in [1.807, 2.05) is 47.0 Å². The lowest BCUT2D eigenvalue weighted by Gasteiger charge is -2.10. The number of hydrogen-bond donors (Lipinski definition) is 0. The average Bonchev–Trinajstić information content (AvgIpc) is 3.93. The fourth-order valence-electron chi connectivity index (χ4n) is 8.34. The van der Waals surface area contributed by atoms with E-state index in [4.69, 9.17) is 19.5 Å². The third-order valence-electron chi connectivity index (χ3n) is 10.7. The predicted molar refractivity (Wildman–Crippen MR) is 216 cm³/mol. The third kappa shape index (κ3) is 4.06. The first kappa shape index (κ1) is 28.4. The average molecular weight is 678 g/mol. The zero-order chi connectivity index (χ0) is 34.6. The van der Waals surface area contributed by atoms with Gasteiger partial charge in [-0.3, -0.25) is 0 Å². The summed E-state index contributed by atoms with van der Waals surface area (Å²) in [7, 11) is 0. The molecule has 0 atom stereocenters. The molecule has 6 nitrogen and oxygen atoms in total. The van der Waals surface area contributed by atoms with Crippen molar-refractivity contribution in [1.82, 2.24) is 24.1 Å². The summed E-state index contributed by atoms with van der Waals surface area (Å²) in [6.07, 6.45) is 0. The van der Waals surface area contributed by atoms with Crippen molar-refractivity contribution >= 4 is 82.0 Å². The topological polar surface area (TPSA) is 61.1 Å². The van der Waals surface area contributed by atoms with Crippen LogP contribution >= 0.6 is 0 Å². The summed E-state index contributed by atoms with van der Waals surface area (Å²) in [4.78, 5) is 10.4. The van der Waals surface area contributed by atoms with Gasteiger partial charge in [-0.2, -0.15) is 0 Å². The van der Waals surface area contributed by atoms with E-state index in [-0.39, 0.29) is 0 Å². The van der Waals surface area contributed by atoms with Gasteiger partial charge >= 0.3 is 0 Å². The van der Waals surface area contributed by atoms with Gasteiger partial charge in [-0.25, -0.2) is 14.5 Å². The van der Waals surface area contributed by atoms with Crippen molar-refractivity contribution in [3.05, 3.63) is 164 Å². The molecule has 246 valence electrons. The first-order valence-electron chi connectivity index (χ1n) is 17.8. The number of rotatable bonds is 3. The summed E-state index contributed by atoms with van der Waals surface area (Å²) in [5, 5.41) is 14.8. The van der Waals surface area contributed by atoms with Crippen LogP contribution in [0.25, 0.3) is 110 Å². The molecule has 12 aromatic rings. The molecule has 0 bridgehead atoms. The molecule has 12 rings (SSSR count). The van der Waals surface area contributed by atoms with E-state index in [1.54, 1.807) is 0 Å². The number of aromatic nitrogens is 5. The van der Waals surface area contributed by atoms with Crippen molar-refractivity contribution in [2.75, 3.05) is 0 Å². The molecule has 0 spiro atoms. The van der Waals surface area contributed by atoms with Crippen LogP contribution in [0.15, 0.2) is 168 Å². The van der Waals surface area contributed by atoms with Crippen LogP contribution in [-0.2, 0) is 0 Å². The van der Waals surface area contributed by atoms with Crippen molar-refractivity contribution in [2.45, 2.75) is 0 Å². The largest absolute Gasteiger partial charge is 0.456 e. The lowest BCUT2D eigenvalue weighted by atomic mass is 10.00. The monoisotopic (exact) mass is 677 g/mol. The van der Waals surface area contributed by atoms with E-state index >= 15 is 0 Å². The maximum atomic E-state index is 6.27. The standard InChI is InChI=1S/C47H27N5O/c1-3-14-33-28(10-1)21-24-39-43(33)44-34-15-4-2-11-29(34)22-25-40(44)51(39)32-13-9-12-31(26-32)46-49-47-45(48-37-17-6-7-18-38(37)52(47)50-46)30-20-23-36-35-16-5-8-19-41(35)53-42(36)27-30/h1-27H. The molecule has 0 aliphatic carbocycles. The van der Waals surface area contributed by atoms with Crippen LogP contribution in [0, 0.1) is 0 Å². The van der Waals surface area contributed by atoms with Crippen molar-refractivity contribution in [1.29, 1.82) is 0 Å². The van der Waals surface area contributed by atoms with Crippen LogP contribution in [0.3, 0.4) is 0 Å². The van der Waals surface area contributed by atoms with E-state index in [2.05, 4.69) is 126 Å². The molecule has 0 aliphatic rings. The molecule has 4 heterocycles. The first-order chi connectivity index (χ1) is 26.3. The van der Waals surface area contributed by atoms with E-state index in [9.17, 15) is 0 Å². The molecule has 4 aromatic heterocycles. The first-order valence-corrected chi connectivity index (χ1v) is 17.8. The molecule has 0 unspecified atom stereocenters. The van der Waals surface area contributed by atoms with Gasteiger partial charge in [-0.05, 0) is 76.1 Å². The second-order valence-electron chi connectivity index (χ2n) is 13.7. The summed E-state index contributed by atoms with van der Waals surface area (Å²) < 4.78 is 10.6. The van der Waals surface area contributed by atoms with Crippen molar-refractivity contribution < 1.29 is 4.42 Å². The number of fused-ring (bicyclic) bond motifs is 13. The summed E-state index contributed by atoms with van der Waals surface area (Å²) in [5.74, 6) is 0.632. The Balaban J connectivity index is 1.08. The second kappa shape index (κ2) is 10.6. The highest BCUT2D eigenvalue weighted by molar-refractivity contribution is 6.28. The highest BCUT2D eigenvalue weighted by atomic mass is 16.3. The van der Waals surface area contributed by atoms with Gasteiger partial charge in [0.15, 0.2) is 11.5 Å². The molecule has 0 aliphatic heterocycles. The van der Waals surface area contributed by atoms with E-state index in [0.29, 0.717) is 11.5 Å². The summed E-state index contributed by atoms with van der Waals surface area (Å²) in [6, 6.07) is 57.4. The van der Waals surface area contributed by atoms with Gasteiger partial charge in [0.1, 0.15) is 16.9 Å². The van der Waals surface area contributed by atoms with Crippen molar-refractivity contribution in [3.63, 3.8) is 0 Å². The Hall–Kier alpha value is -7.31. The minimum Gasteiger partial charge on any atom is -0.456 e. The number of para-hydroxylation sites is 3. The fraction of sp³-hybridized carbons (Fsp3) is 0. The zero-order valence-corrected chi connectivity index (χ0v) is 28.2. The number of benzene rings is 8. The Morgan fingerprint density at radius 1 is 0.453 bits per heavy atom. The predicted octanol–water partition coefficient (Wildman–Crippen LogP) is 11.9. The molecule has 53 heavy (non-hydrogen) atoms. The Bertz CT molecular complexity index is 3380. The van der Waals surface area contributed by atoms with Crippen molar-refractivity contribution in [2.24, 2.45) is 0 Å². The van der Waals surface area contributed by atoms with Crippen LogP contribution in [0.5, 0.6) is 0 Å². The Morgan fingerprint density at radius 3 is 1.92 bits per heavy atom. The molecule has 0 saturated carbocycles. The van der Waals surface area contributed by atoms with Crippen LogP contribution < -0.4 is 0 Å². The minimum absolute atomic E-state index is 0.632.